The molecule has 0 radical (unpaired) electrons. The number of nitrogens with one attached hydrogen (secondary N) is 3. The molecule has 3 aliphatic rings. The fourth-order valence-corrected chi connectivity index (χ4v) is 7.97. The van der Waals surface area contributed by atoms with Gasteiger partial charge in [-0.1, -0.05) is 18.2 Å². The van der Waals surface area contributed by atoms with Crippen LogP contribution in [0.5, 0.6) is 5.75 Å². The average molecular weight is 715 g/mol. The van der Waals surface area contributed by atoms with E-state index in [0.29, 0.717) is 41.5 Å². The van der Waals surface area contributed by atoms with E-state index in [2.05, 4.69) is 15.3 Å². The third kappa shape index (κ3) is 5.95. The van der Waals surface area contributed by atoms with Crippen LogP contribution in [0.2, 0.25) is 0 Å². The average Bonchev–Trinajstić information content (AvgIpc) is 3.87. The monoisotopic (exact) mass is 714 g/mol. The Morgan fingerprint density at radius 3 is 2.43 bits per heavy atom. The number of benzene rings is 3. The lowest BCUT2D eigenvalue weighted by Gasteiger charge is -2.40. The number of aliphatic hydroxyl groups excluding tert-OH is 4. The van der Waals surface area contributed by atoms with E-state index in [1.165, 1.54) is 0 Å². The summed E-state index contributed by atoms with van der Waals surface area (Å²) in [4.78, 5) is 35.5. The first kappa shape index (κ1) is 33.7. The number of alkyl halides is 1. The summed E-state index contributed by atoms with van der Waals surface area (Å²) in [6.07, 6.45) is -3.84. The molecule has 51 heavy (non-hydrogen) atoms. The van der Waals surface area contributed by atoms with E-state index in [1.54, 1.807) is 29.2 Å². The number of H-pyrrole nitrogens is 2. The van der Waals surface area contributed by atoms with Crippen LogP contribution in [-0.4, -0.2) is 91.4 Å². The Morgan fingerprint density at radius 1 is 0.941 bits per heavy atom. The quantitative estimate of drug-likeness (QED) is 0.122. The van der Waals surface area contributed by atoms with Gasteiger partial charge in [0.1, 0.15) is 41.6 Å². The van der Waals surface area contributed by atoms with Crippen molar-refractivity contribution in [2.24, 2.45) is 0 Å². The molecule has 2 aromatic heterocycles. The molecular formula is C38H39ClN4O8. The number of amides is 2. The van der Waals surface area contributed by atoms with Gasteiger partial charge in [-0.2, -0.15) is 0 Å². The maximum atomic E-state index is 14.3. The van der Waals surface area contributed by atoms with Crippen LogP contribution in [0.1, 0.15) is 63.4 Å². The number of aliphatic hydroxyl groups is 4. The van der Waals surface area contributed by atoms with E-state index in [1.807, 2.05) is 43.3 Å². The highest BCUT2D eigenvalue weighted by Gasteiger charge is 2.46. The summed E-state index contributed by atoms with van der Waals surface area (Å²) in [5.41, 5.74) is 6.59. The number of ether oxygens (including phenoxy) is 2. The molecule has 7 atom stereocenters. The first-order valence-electron chi connectivity index (χ1n) is 17.2. The van der Waals surface area contributed by atoms with E-state index < -0.39 is 37.3 Å². The van der Waals surface area contributed by atoms with Gasteiger partial charge in [0, 0.05) is 51.4 Å². The Bertz CT molecular complexity index is 2110. The van der Waals surface area contributed by atoms with Crippen LogP contribution in [0.25, 0.3) is 21.8 Å². The number of aromatic amines is 2. The molecule has 4 heterocycles. The summed E-state index contributed by atoms with van der Waals surface area (Å²) in [5, 5.41) is 45.5. The number of aromatic nitrogens is 2. The largest absolute Gasteiger partial charge is 0.462 e. The molecule has 3 aromatic carbocycles. The summed E-state index contributed by atoms with van der Waals surface area (Å²) in [5.74, 6) is -0.294. The zero-order valence-electron chi connectivity index (χ0n) is 27.8. The van der Waals surface area contributed by atoms with Crippen LogP contribution < -0.4 is 15.0 Å². The number of carbonyl (C=O) groups is 2. The number of carbonyl (C=O) groups excluding carboxylic acids is 2. The molecule has 12 nitrogen and oxygen atoms in total. The highest BCUT2D eigenvalue weighted by Crippen LogP contribution is 2.49. The topological polar surface area (TPSA) is 180 Å². The SMILES string of the molecule is C[C@@H](Cl)[C@@H]1CN(C(=O)c2cc3cc(NC(=O)c4cc5ccccc5[nH]4)ccc3[nH]2)c2cc(O[C@@H]3O[C@H](CO)[C@H](O)[C@H](O)[C@H]3O)c3c(c21)CCCC3. The lowest BCUT2D eigenvalue weighted by molar-refractivity contribution is -0.277. The fraction of sp³-hybridized carbons (Fsp3) is 0.368. The molecule has 266 valence electrons. The molecule has 1 aliphatic carbocycles. The zero-order chi connectivity index (χ0) is 35.6. The van der Waals surface area contributed by atoms with E-state index in [4.69, 9.17) is 21.1 Å². The first-order valence-corrected chi connectivity index (χ1v) is 17.7. The maximum absolute atomic E-state index is 14.3. The van der Waals surface area contributed by atoms with Crippen molar-refractivity contribution in [3.8, 4) is 5.75 Å². The molecule has 0 bridgehead atoms. The standard InChI is InChI=1S/C38H39ClN4O8/c1-18(39)24-16-43(29-15-30(22-7-3-4-8-23(22)32(24)29)50-38-35(47)34(46)33(45)31(17-44)51-38)37(49)28-14-20-12-21(10-11-26(20)42-28)40-36(48)27-13-19-6-2-5-9-25(19)41-27/h2,5-6,9-15,18,24,31,33-35,38,41-42,44-47H,3-4,7-8,16-17H2,1H3,(H,40,48)/t18-,24+,31-,33+,34+,35-,38-/m1/s1. The molecule has 7 N–H and O–H groups in total. The van der Waals surface area contributed by atoms with Gasteiger partial charge in [0.15, 0.2) is 0 Å². The van der Waals surface area contributed by atoms with Crippen LogP contribution in [-0.2, 0) is 17.6 Å². The van der Waals surface area contributed by atoms with Crippen LogP contribution >= 0.6 is 11.6 Å². The molecule has 1 fully saturated rings. The number of anilines is 2. The van der Waals surface area contributed by atoms with E-state index in [0.717, 1.165) is 57.8 Å². The lowest BCUT2D eigenvalue weighted by atomic mass is 9.82. The number of para-hydroxylation sites is 1. The van der Waals surface area contributed by atoms with Gasteiger partial charge in [-0.3, -0.25) is 9.59 Å². The summed E-state index contributed by atoms with van der Waals surface area (Å²) in [7, 11) is 0. The summed E-state index contributed by atoms with van der Waals surface area (Å²) in [6, 6.07) is 18.4. The predicted octanol–water partition coefficient (Wildman–Crippen LogP) is 4.33. The third-order valence-electron chi connectivity index (χ3n) is 10.4. The summed E-state index contributed by atoms with van der Waals surface area (Å²) >= 11 is 6.79. The molecule has 0 spiro atoms. The van der Waals surface area contributed by atoms with Gasteiger partial charge in [-0.05, 0) is 85.7 Å². The molecule has 0 unspecified atom stereocenters. The van der Waals surface area contributed by atoms with Crippen molar-refractivity contribution in [3.05, 3.63) is 88.7 Å². The highest BCUT2D eigenvalue weighted by atomic mass is 35.5. The Hall–Kier alpha value is -4.43. The van der Waals surface area contributed by atoms with Crippen LogP contribution in [0.15, 0.2) is 60.7 Å². The minimum Gasteiger partial charge on any atom is -0.462 e. The molecule has 1 saturated heterocycles. The van der Waals surface area contributed by atoms with Gasteiger partial charge in [-0.25, -0.2) is 0 Å². The van der Waals surface area contributed by atoms with Crippen molar-refractivity contribution in [2.75, 3.05) is 23.4 Å². The number of nitrogens with zero attached hydrogens (tertiary/aromatic N) is 1. The number of fused-ring (bicyclic) bond motifs is 5. The second-order valence-electron chi connectivity index (χ2n) is 13.7. The maximum Gasteiger partial charge on any atom is 0.274 e. The van der Waals surface area contributed by atoms with Gasteiger partial charge in [0.2, 0.25) is 6.29 Å². The third-order valence-corrected chi connectivity index (χ3v) is 10.8. The minimum atomic E-state index is -1.59. The van der Waals surface area contributed by atoms with Crippen LogP contribution in [0, 0.1) is 0 Å². The summed E-state index contributed by atoms with van der Waals surface area (Å²) < 4.78 is 11.9. The Kier molecular flexibility index (Phi) is 8.77. The lowest BCUT2D eigenvalue weighted by Crippen LogP contribution is -2.60. The molecule has 5 aromatic rings. The van der Waals surface area contributed by atoms with Gasteiger partial charge < -0.3 is 50.1 Å². The number of hydrogen-bond donors (Lipinski definition) is 7. The number of rotatable bonds is 7. The Morgan fingerprint density at radius 2 is 1.67 bits per heavy atom. The first-order chi connectivity index (χ1) is 24.6. The molecule has 2 amide bonds. The normalized spacial score (nSPS) is 25.1. The molecule has 2 aliphatic heterocycles. The zero-order valence-corrected chi connectivity index (χ0v) is 28.6. The van der Waals surface area contributed by atoms with Crippen molar-refractivity contribution >= 4 is 56.6 Å². The minimum absolute atomic E-state index is 0.144. The van der Waals surface area contributed by atoms with Gasteiger partial charge in [0.05, 0.1) is 12.3 Å². The van der Waals surface area contributed by atoms with Gasteiger partial charge >= 0.3 is 0 Å². The van der Waals surface area contributed by atoms with Crippen molar-refractivity contribution in [1.82, 2.24) is 9.97 Å². The number of hydrogen-bond acceptors (Lipinski definition) is 8. The second kappa shape index (κ2) is 13.3. The van der Waals surface area contributed by atoms with Crippen molar-refractivity contribution < 1.29 is 39.5 Å². The molecule has 0 saturated carbocycles. The molecular weight excluding hydrogens is 676 g/mol. The van der Waals surface area contributed by atoms with Crippen molar-refractivity contribution in [1.29, 1.82) is 0 Å². The highest BCUT2D eigenvalue weighted by molar-refractivity contribution is 6.21. The van der Waals surface area contributed by atoms with E-state index >= 15 is 0 Å². The number of halogens is 1. The molecule has 8 rings (SSSR count). The van der Waals surface area contributed by atoms with Gasteiger partial charge in [0.25, 0.3) is 11.8 Å². The Labute approximate surface area is 297 Å². The van der Waals surface area contributed by atoms with E-state index in [-0.39, 0.29) is 23.1 Å². The van der Waals surface area contributed by atoms with E-state index in [9.17, 15) is 30.0 Å². The predicted molar refractivity (Wildman–Crippen MR) is 192 cm³/mol. The van der Waals surface area contributed by atoms with Gasteiger partial charge in [-0.15, -0.1) is 11.6 Å². The fourth-order valence-electron chi connectivity index (χ4n) is 7.77. The second-order valence-corrected chi connectivity index (χ2v) is 14.4. The van der Waals surface area contributed by atoms with Crippen LogP contribution in [0.4, 0.5) is 11.4 Å². The van der Waals surface area contributed by atoms with Crippen molar-refractivity contribution in [3.63, 3.8) is 0 Å². The van der Waals surface area contributed by atoms with Crippen molar-refractivity contribution in [2.45, 2.75) is 74.6 Å². The van der Waals surface area contributed by atoms with Crippen LogP contribution in [0.3, 0.4) is 0 Å². The Balaban J connectivity index is 1.10. The summed E-state index contributed by atoms with van der Waals surface area (Å²) in [6.45, 7) is 1.69. The smallest absolute Gasteiger partial charge is 0.274 e. The molecule has 13 heteroatoms.